The average molecular weight is 284 g/mol. The zero-order valence-corrected chi connectivity index (χ0v) is 12.2. The number of amides is 2. The Bertz CT molecular complexity index is 551. The van der Waals surface area contributed by atoms with Crippen LogP contribution in [-0.2, 0) is 16.0 Å². The Kier molecular flexibility index (Phi) is 3.78. The van der Waals surface area contributed by atoms with Crippen LogP contribution in [0.4, 0.5) is 5.69 Å². The number of carbonyl (C=O) groups is 2. The molecule has 1 aliphatic heterocycles. The van der Waals surface area contributed by atoms with Crippen molar-refractivity contribution in [2.45, 2.75) is 26.2 Å². The molecule has 4 nitrogen and oxygen atoms in total. The number of aryl methyl sites for hydroxylation is 1. The molecule has 1 aromatic rings. The molecule has 0 spiro atoms. The zero-order valence-electron chi connectivity index (χ0n) is 12.2. The maximum absolute atomic E-state index is 12.3. The molecular weight excluding hydrogens is 264 g/mol. The molecule has 110 valence electrons. The predicted molar refractivity (Wildman–Crippen MR) is 81.5 cm³/mol. The van der Waals surface area contributed by atoms with E-state index in [1.807, 2.05) is 24.3 Å². The highest BCUT2D eigenvalue weighted by Crippen LogP contribution is 2.34. The summed E-state index contributed by atoms with van der Waals surface area (Å²) in [6, 6.07) is 8.08. The lowest BCUT2D eigenvalue weighted by Gasteiger charge is -2.16. The van der Waals surface area contributed by atoms with Gasteiger partial charge in [-0.25, -0.2) is 0 Å². The van der Waals surface area contributed by atoms with E-state index in [0.29, 0.717) is 12.8 Å². The van der Waals surface area contributed by atoms with Gasteiger partial charge in [0.1, 0.15) is 0 Å². The fraction of sp³-hybridized carbons (Fsp3) is 0.412. The number of anilines is 1. The van der Waals surface area contributed by atoms with Crippen molar-refractivity contribution in [3.05, 3.63) is 42.0 Å². The van der Waals surface area contributed by atoms with Crippen molar-refractivity contribution in [2.24, 2.45) is 11.8 Å². The number of likely N-dealkylation sites (tertiary alicyclic amines) is 1. The molecule has 0 unspecified atom stereocenters. The minimum atomic E-state index is -0.147. The lowest BCUT2D eigenvalue weighted by molar-refractivity contribution is -0.139. The molecule has 0 bridgehead atoms. The highest BCUT2D eigenvalue weighted by molar-refractivity contribution is 6.05. The van der Waals surface area contributed by atoms with Gasteiger partial charge in [-0.3, -0.25) is 14.5 Å². The summed E-state index contributed by atoms with van der Waals surface area (Å²) in [7, 11) is 0. The van der Waals surface area contributed by atoms with Gasteiger partial charge in [-0.1, -0.05) is 31.2 Å². The standard InChI is InChI=1S/C17H20N2O2/c1-2-12-7-9-13(10-8-12)18-11-19-16(20)14-5-3-4-6-15(14)17(19)21/h3-4,7-10,14-15,18H,2,5-6,11H2,1H3/t14-,15-/m1/s1. The number of benzene rings is 1. The number of rotatable bonds is 4. The molecule has 2 aliphatic rings. The quantitative estimate of drug-likeness (QED) is 0.683. The first-order valence-electron chi connectivity index (χ1n) is 7.53. The normalized spacial score (nSPS) is 24.3. The monoisotopic (exact) mass is 284 g/mol. The highest BCUT2D eigenvalue weighted by Gasteiger charge is 2.46. The Labute approximate surface area is 124 Å². The number of fused-ring (bicyclic) bond motifs is 1. The maximum Gasteiger partial charge on any atom is 0.234 e. The smallest absolute Gasteiger partial charge is 0.234 e. The van der Waals surface area contributed by atoms with Crippen LogP contribution >= 0.6 is 0 Å². The molecule has 4 heteroatoms. The summed E-state index contributed by atoms with van der Waals surface area (Å²) in [6.07, 6.45) is 6.40. The largest absolute Gasteiger partial charge is 0.367 e. The van der Waals surface area contributed by atoms with E-state index in [9.17, 15) is 9.59 Å². The van der Waals surface area contributed by atoms with Crippen LogP contribution in [0.2, 0.25) is 0 Å². The van der Waals surface area contributed by atoms with Crippen LogP contribution in [0.15, 0.2) is 36.4 Å². The van der Waals surface area contributed by atoms with Crippen molar-refractivity contribution >= 4 is 17.5 Å². The van der Waals surface area contributed by atoms with Crippen LogP contribution in [0.25, 0.3) is 0 Å². The van der Waals surface area contributed by atoms with E-state index in [1.54, 1.807) is 0 Å². The second-order valence-corrected chi connectivity index (χ2v) is 5.65. The molecule has 1 aliphatic carbocycles. The van der Waals surface area contributed by atoms with Gasteiger partial charge in [-0.05, 0) is 37.0 Å². The Morgan fingerprint density at radius 3 is 2.14 bits per heavy atom. The van der Waals surface area contributed by atoms with E-state index >= 15 is 0 Å². The second-order valence-electron chi connectivity index (χ2n) is 5.65. The van der Waals surface area contributed by atoms with Crippen molar-refractivity contribution in [1.29, 1.82) is 0 Å². The summed E-state index contributed by atoms with van der Waals surface area (Å²) >= 11 is 0. The number of hydrogen-bond donors (Lipinski definition) is 1. The average Bonchev–Trinajstić information content (AvgIpc) is 2.78. The van der Waals surface area contributed by atoms with Crippen molar-refractivity contribution in [1.82, 2.24) is 4.90 Å². The molecular formula is C17H20N2O2. The lowest BCUT2D eigenvalue weighted by atomic mass is 9.85. The lowest BCUT2D eigenvalue weighted by Crippen LogP contribution is -2.35. The van der Waals surface area contributed by atoms with Crippen molar-refractivity contribution in [3.8, 4) is 0 Å². The maximum atomic E-state index is 12.3. The van der Waals surface area contributed by atoms with Gasteiger partial charge in [0.25, 0.3) is 0 Å². The van der Waals surface area contributed by atoms with E-state index < -0.39 is 0 Å². The topological polar surface area (TPSA) is 49.4 Å². The van der Waals surface area contributed by atoms with Crippen LogP contribution in [-0.4, -0.2) is 23.4 Å². The third-order valence-electron chi connectivity index (χ3n) is 4.40. The zero-order chi connectivity index (χ0) is 14.8. The minimum absolute atomic E-state index is 0.0352. The Morgan fingerprint density at radius 1 is 1.05 bits per heavy atom. The fourth-order valence-electron chi connectivity index (χ4n) is 3.05. The van der Waals surface area contributed by atoms with E-state index in [2.05, 4.69) is 24.4 Å². The van der Waals surface area contributed by atoms with Gasteiger partial charge >= 0.3 is 0 Å². The Morgan fingerprint density at radius 2 is 1.62 bits per heavy atom. The first-order valence-corrected chi connectivity index (χ1v) is 7.53. The van der Waals surface area contributed by atoms with Crippen LogP contribution in [0.1, 0.15) is 25.3 Å². The summed E-state index contributed by atoms with van der Waals surface area (Å²) in [4.78, 5) is 26.0. The van der Waals surface area contributed by atoms with E-state index in [-0.39, 0.29) is 30.3 Å². The third-order valence-corrected chi connectivity index (χ3v) is 4.40. The van der Waals surface area contributed by atoms with E-state index in [4.69, 9.17) is 0 Å². The van der Waals surface area contributed by atoms with Crippen LogP contribution in [0.3, 0.4) is 0 Å². The van der Waals surface area contributed by atoms with E-state index in [0.717, 1.165) is 12.1 Å². The molecule has 0 radical (unpaired) electrons. The third kappa shape index (κ3) is 2.58. The molecule has 1 saturated heterocycles. The Balaban J connectivity index is 1.65. The molecule has 1 N–H and O–H groups in total. The predicted octanol–water partition coefficient (Wildman–Crippen LogP) is 2.57. The number of nitrogens with zero attached hydrogens (tertiary/aromatic N) is 1. The van der Waals surface area contributed by atoms with Gasteiger partial charge in [0, 0.05) is 5.69 Å². The number of carbonyl (C=O) groups excluding carboxylic acids is 2. The molecule has 1 aromatic carbocycles. The highest BCUT2D eigenvalue weighted by atomic mass is 16.2. The number of nitrogens with one attached hydrogen (secondary N) is 1. The summed E-state index contributed by atoms with van der Waals surface area (Å²) < 4.78 is 0. The molecule has 1 fully saturated rings. The molecule has 2 amide bonds. The molecule has 3 rings (SSSR count). The summed E-state index contributed by atoms with van der Waals surface area (Å²) in [6.45, 7) is 2.37. The summed E-state index contributed by atoms with van der Waals surface area (Å²) in [5, 5.41) is 3.17. The van der Waals surface area contributed by atoms with Gasteiger partial charge < -0.3 is 5.32 Å². The first kappa shape index (κ1) is 13.9. The van der Waals surface area contributed by atoms with Gasteiger partial charge in [0.05, 0.1) is 18.5 Å². The molecule has 0 aromatic heterocycles. The summed E-state index contributed by atoms with van der Waals surface area (Å²) in [5.74, 6) is -0.363. The van der Waals surface area contributed by atoms with Crippen molar-refractivity contribution in [2.75, 3.05) is 12.0 Å². The SMILES string of the molecule is CCc1ccc(NCN2C(=O)[C@@H]3CC=CC[C@H]3C2=O)cc1. The summed E-state index contributed by atoms with van der Waals surface area (Å²) in [5.41, 5.74) is 2.20. The molecule has 2 atom stereocenters. The Hall–Kier alpha value is -2.10. The molecule has 21 heavy (non-hydrogen) atoms. The van der Waals surface area contributed by atoms with Crippen LogP contribution in [0, 0.1) is 11.8 Å². The van der Waals surface area contributed by atoms with Gasteiger partial charge in [0.2, 0.25) is 11.8 Å². The van der Waals surface area contributed by atoms with Crippen molar-refractivity contribution < 1.29 is 9.59 Å². The van der Waals surface area contributed by atoms with Gasteiger partial charge in [-0.2, -0.15) is 0 Å². The minimum Gasteiger partial charge on any atom is -0.367 e. The van der Waals surface area contributed by atoms with Crippen LogP contribution < -0.4 is 5.32 Å². The molecule has 1 heterocycles. The second kappa shape index (κ2) is 5.72. The number of imide groups is 1. The number of hydrogen-bond acceptors (Lipinski definition) is 3. The van der Waals surface area contributed by atoms with Gasteiger partial charge in [0.15, 0.2) is 0 Å². The fourth-order valence-corrected chi connectivity index (χ4v) is 3.05. The van der Waals surface area contributed by atoms with Crippen molar-refractivity contribution in [3.63, 3.8) is 0 Å². The van der Waals surface area contributed by atoms with Gasteiger partial charge in [-0.15, -0.1) is 0 Å². The van der Waals surface area contributed by atoms with Crippen LogP contribution in [0.5, 0.6) is 0 Å². The first-order chi connectivity index (χ1) is 10.2. The van der Waals surface area contributed by atoms with E-state index in [1.165, 1.54) is 10.5 Å². The number of allylic oxidation sites excluding steroid dienone is 2. The molecule has 0 saturated carbocycles.